The van der Waals surface area contributed by atoms with E-state index < -0.39 is 0 Å². The molecule has 1 unspecified atom stereocenters. The van der Waals surface area contributed by atoms with Crippen LogP contribution in [0.4, 0.5) is 0 Å². The molecule has 0 aromatic rings. The second-order valence-corrected chi connectivity index (χ2v) is 5.73. The Balaban J connectivity index is 2.22. The van der Waals surface area contributed by atoms with E-state index >= 15 is 0 Å². The van der Waals surface area contributed by atoms with Gasteiger partial charge in [0.25, 0.3) is 0 Å². The number of carbonyl (C=O) groups excluding carboxylic acids is 1. The summed E-state index contributed by atoms with van der Waals surface area (Å²) in [6, 6.07) is 0. The Morgan fingerprint density at radius 2 is 1.94 bits per heavy atom. The maximum Gasteiger partial charge on any atom is 0.220 e. The fraction of sp³-hybridized carbons (Fsp3) is 0.933. The molecule has 1 aliphatic heterocycles. The van der Waals surface area contributed by atoms with Crippen molar-refractivity contribution in [1.29, 1.82) is 0 Å². The molecule has 3 nitrogen and oxygen atoms in total. The number of hydrogen-bond acceptors (Lipinski definition) is 2. The second-order valence-electron chi connectivity index (χ2n) is 5.73. The third-order valence-electron chi connectivity index (χ3n) is 4.85. The van der Waals surface area contributed by atoms with E-state index in [1.807, 2.05) is 0 Å². The Labute approximate surface area is 112 Å². The van der Waals surface area contributed by atoms with Crippen molar-refractivity contribution in [3.63, 3.8) is 0 Å². The van der Waals surface area contributed by atoms with Crippen molar-refractivity contribution in [2.75, 3.05) is 19.6 Å². The lowest BCUT2D eigenvalue weighted by atomic mass is 9.80. The number of hydrogen-bond donors (Lipinski definition) is 2. The molecule has 1 aliphatic rings. The van der Waals surface area contributed by atoms with Crippen molar-refractivity contribution >= 4 is 5.91 Å². The van der Waals surface area contributed by atoms with Gasteiger partial charge in [-0.05, 0) is 56.5 Å². The Morgan fingerprint density at radius 1 is 1.28 bits per heavy atom. The van der Waals surface area contributed by atoms with E-state index in [9.17, 15) is 4.79 Å². The first-order chi connectivity index (χ1) is 8.65. The first-order valence-electron chi connectivity index (χ1n) is 7.63. The molecule has 2 N–H and O–H groups in total. The highest BCUT2D eigenvalue weighted by Crippen LogP contribution is 2.29. The van der Waals surface area contributed by atoms with E-state index in [0.717, 1.165) is 45.3 Å². The lowest BCUT2D eigenvalue weighted by Crippen LogP contribution is -2.36. The molecule has 0 aliphatic carbocycles. The van der Waals surface area contributed by atoms with Gasteiger partial charge in [-0.15, -0.1) is 0 Å². The highest BCUT2D eigenvalue weighted by atomic mass is 16.1. The van der Waals surface area contributed by atoms with Gasteiger partial charge >= 0.3 is 0 Å². The lowest BCUT2D eigenvalue weighted by molar-refractivity contribution is -0.121. The minimum atomic E-state index is 0.238. The van der Waals surface area contributed by atoms with Gasteiger partial charge in [-0.2, -0.15) is 0 Å². The van der Waals surface area contributed by atoms with Gasteiger partial charge in [-0.1, -0.05) is 20.8 Å². The molecule has 1 amide bonds. The number of rotatable bonds is 8. The second kappa shape index (κ2) is 7.78. The van der Waals surface area contributed by atoms with Crippen LogP contribution in [0, 0.1) is 11.3 Å². The van der Waals surface area contributed by atoms with Gasteiger partial charge in [0, 0.05) is 13.0 Å². The molecule has 0 radical (unpaired) electrons. The Morgan fingerprint density at radius 3 is 2.44 bits per heavy atom. The van der Waals surface area contributed by atoms with Crippen molar-refractivity contribution in [1.82, 2.24) is 10.6 Å². The fourth-order valence-corrected chi connectivity index (χ4v) is 2.80. The highest BCUT2D eigenvalue weighted by Gasteiger charge is 2.24. The predicted octanol–water partition coefficient (Wildman–Crippen LogP) is 2.71. The normalized spacial score (nSPS) is 20.1. The van der Waals surface area contributed by atoms with Crippen LogP contribution in [0.3, 0.4) is 0 Å². The van der Waals surface area contributed by atoms with Gasteiger partial charge in [0.15, 0.2) is 0 Å². The molecule has 0 bridgehead atoms. The van der Waals surface area contributed by atoms with Gasteiger partial charge in [0.2, 0.25) is 5.91 Å². The number of amides is 1. The molecule has 0 aromatic carbocycles. The topological polar surface area (TPSA) is 41.1 Å². The minimum absolute atomic E-state index is 0.238. The van der Waals surface area contributed by atoms with E-state index in [-0.39, 0.29) is 5.91 Å². The van der Waals surface area contributed by atoms with Crippen molar-refractivity contribution in [3.8, 4) is 0 Å². The largest absolute Gasteiger partial charge is 0.356 e. The molecule has 0 aromatic heterocycles. The van der Waals surface area contributed by atoms with E-state index in [4.69, 9.17) is 0 Å². The maximum absolute atomic E-state index is 11.9. The molecule has 1 fully saturated rings. The predicted molar refractivity (Wildman–Crippen MR) is 76.5 cm³/mol. The van der Waals surface area contributed by atoms with Gasteiger partial charge in [0.1, 0.15) is 0 Å². The molecule has 106 valence electrons. The van der Waals surface area contributed by atoms with Crippen LogP contribution in [0.5, 0.6) is 0 Å². The monoisotopic (exact) mass is 254 g/mol. The molecule has 1 atom stereocenters. The molecule has 1 heterocycles. The zero-order valence-electron chi connectivity index (χ0n) is 12.3. The van der Waals surface area contributed by atoms with Crippen LogP contribution in [0.25, 0.3) is 0 Å². The number of carbonyl (C=O) groups is 1. The maximum atomic E-state index is 11.9. The quantitative estimate of drug-likeness (QED) is 0.699. The van der Waals surface area contributed by atoms with Gasteiger partial charge < -0.3 is 10.6 Å². The van der Waals surface area contributed by atoms with Crippen LogP contribution in [0.1, 0.15) is 59.3 Å². The van der Waals surface area contributed by atoms with Crippen LogP contribution in [-0.4, -0.2) is 25.5 Å². The summed E-state index contributed by atoms with van der Waals surface area (Å²) in [4.78, 5) is 11.9. The Bertz CT molecular complexity index is 235. The van der Waals surface area contributed by atoms with Crippen molar-refractivity contribution in [3.05, 3.63) is 0 Å². The smallest absolute Gasteiger partial charge is 0.220 e. The van der Waals surface area contributed by atoms with Gasteiger partial charge in [0.05, 0.1) is 0 Å². The zero-order valence-corrected chi connectivity index (χ0v) is 12.3. The molecule has 0 spiro atoms. The standard InChI is InChI=1S/C15H30N2O/c1-4-15(5-2,6-3)12-17-14(18)8-7-13-9-10-16-11-13/h13,16H,4-12H2,1-3H3,(H,17,18). The van der Waals surface area contributed by atoms with Gasteiger partial charge in [-0.25, -0.2) is 0 Å². The zero-order chi connectivity index (χ0) is 13.4. The average molecular weight is 254 g/mol. The van der Waals surface area contributed by atoms with Crippen LogP contribution >= 0.6 is 0 Å². The molecule has 1 saturated heterocycles. The Hall–Kier alpha value is -0.570. The summed E-state index contributed by atoms with van der Waals surface area (Å²) >= 11 is 0. The van der Waals surface area contributed by atoms with Crippen LogP contribution < -0.4 is 10.6 Å². The summed E-state index contributed by atoms with van der Waals surface area (Å²) < 4.78 is 0. The van der Waals surface area contributed by atoms with Crippen LogP contribution in [-0.2, 0) is 4.79 Å². The van der Waals surface area contributed by atoms with Crippen molar-refractivity contribution in [2.45, 2.75) is 59.3 Å². The molecular weight excluding hydrogens is 224 g/mol. The third-order valence-corrected chi connectivity index (χ3v) is 4.85. The third kappa shape index (κ3) is 4.60. The summed E-state index contributed by atoms with van der Waals surface area (Å²) in [6.45, 7) is 9.74. The molecule has 0 saturated carbocycles. The fourth-order valence-electron chi connectivity index (χ4n) is 2.80. The Kier molecular flexibility index (Phi) is 6.69. The molecule has 18 heavy (non-hydrogen) atoms. The first kappa shape index (κ1) is 15.5. The first-order valence-corrected chi connectivity index (χ1v) is 7.63. The van der Waals surface area contributed by atoms with Crippen molar-refractivity contribution in [2.24, 2.45) is 11.3 Å². The summed E-state index contributed by atoms with van der Waals surface area (Å²) in [6.07, 6.45) is 6.40. The summed E-state index contributed by atoms with van der Waals surface area (Å²) in [5.74, 6) is 0.950. The SMILES string of the molecule is CCC(CC)(CC)CNC(=O)CCC1CCNC1. The van der Waals surface area contributed by atoms with E-state index in [1.54, 1.807) is 0 Å². The number of nitrogens with one attached hydrogen (secondary N) is 2. The lowest BCUT2D eigenvalue weighted by Gasteiger charge is -2.30. The van der Waals surface area contributed by atoms with Crippen LogP contribution in [0.2, 0.25) is 0 Å². The summed E-state index contributed by atoms with van der Waals surface area (Å²) in [5.41, 5.74) is 0.310. The molecular formula is C15H30N2O. The van der Waals surface area contributed by atoms with E-state index in [1.165, 1.54) is 6.42 Å². The van der Waals surface area contributed by atoms with E-state index in [0.29, 0.717) is 17.8 Å². The molecule has 1 rings (SSSR count). The van der Waals surface area contributed by atoms with Crippen molar-refractivity contribution < 1.29 is 4.79 Å². The molecule has 3 heteroatoms. The van der Waals surface area contributed by atoms with Crippen LogP contribution in [0.15, 0.2) is 0 Å². The van der Waals surface area contributed by atoms with E-state index in [2.05, 4.69) is 31.4 Å². The van der Waals surface area contributed by atoms with Gasteiger partial charge in [-0.3, -0.25) is 4.79 Å². The minimum Gasteiger partial charge on any atom is -0.356 e. The summed E-state index contributed by atoms with van der Waals surface area (Å²) in [7, 11) is 0. The highest BCUT2D eigenvalue weighted by molar-refractivity contribution is 5.75. The average Bonchev–Trinajstić information content (AvgIpc) is 2.92. The summed E-state index contributed by atoms with van der Waals surface area (Å²) in [5, 5.41) is 6.49.